The second-order valence-electron chi connectivity index (χ2n) is 7.71. The summed E-state index contributed by atoms with van der Waals surface area (Å²) in [6.07, 6.45) is 1.12. The number of aryl methyl sites for hydroxylation is 1. The molecule has 3 rings (SSSR count). The summed E-state index contributed by atoms with van der Waals surface area (Å²) < 4.78 is 22.3. The van der Waals surface area contributed by atoms with E-state index in [0.29, 0.717) is 19.1 Å². The Morgan fingerprint density at radius 3 is 2.79 bits per heavy atom. The fraction of sp³-hybridized carbons (Fsp3) is 0.762. The van der Waals surface area contributed by atoms with Crippen LogP contribution in [0.25, 0.3) is 0 Å². The van der Waals surface area contributed by atoms with Crippen molar-refractivity contribution in [2.75, 3.05) is 79.9 Å². The van der Waals surface area contributed by atoms with Crippen LogP contribution in [0.4, 0.5) is 0 Å². The molecule has 1 aromatic rings. The molecule has 1 N–H and O–H groups in total. The number of furan rings is 1. The summed E-state index contributed by atoms with van der Waals surface area (Å²) in [6.45, 7) is 10.1. The predicted octanol–water partition coefficient (Wildman–Crippen LogP) is 1.52. The van der Waals surface area contributed by atoms with Gasteiger partial charge in [0.2, 0.25) is 0 Å². The van der Waals surface area contributed by atoms with Crippen LogP contribution in [0.15, 0.2) is 21.5 Å². The maximum atomic E-state index is 5.97. The standard InChI is InChI=1S/C21H36N4O4/c1-17-4-5-20(29-17)19(24-8-10-27-11-9-24)14-23-21(22-2)25-7-6-18(15-25)16-28-13-12-26-3/h4-5,18-19H,6-16H2,1-3H3,(H,22,23). The number of hydrogen-bond acceptors (Lipinski definition) is 6. The van der Waals surface area contributed by atoms with Crippen LogP contribution in [0.5, 0.6) is 0 Å². The van der Waals surface area contributed by atoms with Crippen LogP contribution in [0.2, 0.25) is 0 Å². The van der Waals surface area contributed by atoms with E-state index in [0.717, 1.165) is 76.4 Å². The SMILES string of the molecule is CN=C(NCC(c1ccc(C)o1)N1CCOCC1)N1CCC(COCCOC)C1. The molecule has 0 amide bonds. The summed E-state index contributed by atoms with van der Waals surface area (Å²) in [5.74, 6) is 3.43. The van der Waals surface area contributed by atoms with Gasteiger partial charge in [-0.15, -0.1) is 0 Å². The Kier molecular flexibility index (Phi) is 8.79. The van der Waals surface area contributed by atoms with Crippen LogP contribution in [-0.2, 0) is 14.2 Å². The van der Waals surface area contributed by atoms with E-state index in [9.17, 15) is 0 Å². The normalized spacial score (nSPS) is 22.2. The Morgan fingerprint density at radius 1 is 1.28 bits per heavy atom. The zero-order chi connectivity index (χ0) is 20.5. The first kappa shape index (κ1) is 22.1. The van der Waals surface area contributed by atoms with Crippen LogP contribution < -0.4 is 5.32 Å². The highest BCUT2D eigenvalue weighted by atomic mass is 16.5. The minimum absolute atomic E-state index is 0.167. The number of rotatable bonds is 9. The molecule has 8 heteroatoms. The Hall–Kier alpha value is -1.61. The molecule has 164 valence electrons. The molecule has 0 radical (unpaired) electrons. The van der Waals surface area contributed by atoms with Gasteiger partial charge in [0.15, 0.2) is 5.96 Å². The molecule has 0 saturated carbocycles. The third-order valence-corrected chi connectivity index (χ3v) is 5.61. The third-order valence-electron chi connectivity index (χ3n) is 5.61. The number of guanidine groups is 1. The van der Waals surface area contributed by atoms with E-state index in [2.05, 4.69) is 26.2 Å². The fourth-order valence-electron chi connectivity index (χ4n) is 4.00. The minimum Gasteiger partial charge on any atom is -0.465 e. The highest BCUT2D eigenvalue weighted by Gasteiger charge is 2.28. The van der Waals surface area contributed by atoms with Crippen molar-refractivity contribution in [3.63, 3.8) is 0 Å². The number of methoxy groups -OCH3 is 1. The maximum absolute atomic E-state index is 5.97. The monoisotopic (exact) mass is 408 g/mol. The fourth-order valence-corrected chi connectivity index (χ4v) is 4.00. The summed E-state index contributed by atoms with van der Waals surface area (Å²) >= 11 is 0. The number of nitrogens with zero attached hydrogens (tertiary/aromatic N) is 3. The smallest absolute Gasteiger partial charge is 0.193 e. The molecule has 2 unspecified atom stereocenters. The molecule has 0 bridgehead atoms. The number of ether oxygens (including phenoxy) is 3. The van der Waals surface area contributed by atoms with Crippen molar-refractivity contribution in [2.24, 2.45) is 10.9 Å². The number of nitrogens with one attached hydrogen (secondary N) is 1. The van der Waals surface area contributed by atoms with Gasteiger partial charge in [0.05, 0.1) is 39.1 Å². The average molecular weight is 409 g/mol. The van der Waals surface area contributed by atoms with E-state index in [-0.39, 0.29) is 6.04 Å². The molecule has 0 aliphatic carbocycles. The van der Waals surface area contributed by atoms with Crippen molar-refractivity contribution >= 4 is 5.96 Å². The van der Waals surface area contributed by atoms with E-state index >= 15 is 0 Å². The lowest BCUT2D eigenvalue weighted by Gasteiger charge is -2.34. The summed E-state index contributed by atoms with van der Waals surface area (Å²) in [7, 11) is 3.55. The van der Waals surface area contributed by atoms with E-state index < -0.39 is 0 Å². The number of hydrogen-bond donors (Lipinski definition) is 1. The lowest BCUT2D eigenvalue weighted by molar-refractivity contribution is 0.0123. The Morgan fingerprint density at radius 2 is 2.10 bits per heavy atom. The van der Waals surface area contributed by atoms with Crippen molar-refractivity contribution in [1.29, 1.82) is 0 Å². The van der Waals surface area contributed by atoms with E-state index in [4.69, 9.17) is 18.6 Å². The first-order valence-corrected chi connectivity index (χ1v) is 10.6. The van der Waals surface area contributed by atoms with Crippen molar-refractivity contribution in [3.05, 3.63) is 23.7 Å². The summed E-state index contributed by atoms with van der Waals surface area (Å²) in [5.41, 5.74) is 0. The van der Waals surface area contributed by atoms with Crippen molar-refractivity contribution < 1.29 is 18.6 Å². The van der Waals surface area contributed by atoms with Gasteiger partial charge in [0.1, 0.15) is 11.5 Å². The second-order valence-corrected chi connectivity index (χ2v) is 7.71. The first-order valence-electron chi connectivity index (χ1n) is 10.6. The zero-order valence-electron chi connectivity index (χ0n) is 18.1. The van der Waals surface area contributed by atoms with Gasteiger partial charge in [-0.3, -0.25) is 9.89 Å². The molecular formula is C21H36N4O4. The van der Waals surface area contributed by atoms with Crippen LogP contribution in [0.3, 0.4) is 0 Å². The lowest BCUT2D eigenvalue weighted by atomic mass is 10.1. The molecule has 2 aliphatic heterocycles. The van der Waals surface area contributed by atoms with Crippen LogP contribution in [-0.4, -0.2) is 95.7 Å². The predicted molar refractivity (Wildman–Crippen MR) is 112 cm³/mol. The Bertz CT molecular complexity index is 630. The maximum Gasteiger partial charge on any atom is 0.193 e. The van der Waals surface area contributed by atoms with E-state index in [1.165, 1.54) is 0 Å². The quantitative estimate of drug-likeness (QED) is 0.377. The number of likely N-dealkylation sites (tertiary alicyclic amines) is 1. The van der Waals surface area contributed by atoms with E-state index in [1.807, 2.05) is 20.0 Å². The molecule has 2 saturated heterocycles. The van der Waals surface area contributed by atoms with Gasteiger partial charge in [-0.05, 0) is 25.5 Å². The molecule has 2 fully saturated rings. The van der Waals surface area contributed by atoms with Gasteiger partial charge in [-0.1, -0.05) is 0 Å². The van der Waals surface area contributed by atoms with Gasteiger partial charge in [0, 0.05) is 52.8 Å². The molecule has 29 heavy (non-hydrogen) atoms. The molecular weight excluding hydrogens is 372 g/mol. The summed E-state index contributed by atoms with van der Waals surface area (Å²) in [4.78, 5) is 9.28. The van der Waals surface area contributed by atoms with Gasteiger partial charge < -0.3 is 28.8 Å². The highest BCUT2D eigenvalue weighted by Crippen LogP contribution is 2.24. The van der Waals surface area contributed by atoms with E-state index in [1.54, 1.807) is 7.11 Å². The highest BCUT2D eigenvalue weighted by molar-refractivity contribution is 5.80. The zero-order valence-corrected chi connectivity index (χ0v) is 18.1. The van der Waals surface area contributed by atoms with Gasteiger partial charge >= 0.3 is 0 Å². The molecule has 0 spiro atoms. The topological polar surface area (TPSA) is 71.7 Å². The molecule has 8 nitrogen and oxygen atoms in total. The third kappa shape index (κ3) is 6.44. The van der Waals surface area contributed by atoms with Crippen molar-refractivity contribution in [3.8, 4) is 0 Å². The largest absolute Gasteiger partial charge is 0.465 e. The lowest BCUT2D eigenvalue weighted by Crippen LogP contribution is -2.47. The van der Waals surface area contributed by atoms with Gasteiger partial charge in [0.25, 0.3) is 0 Å². The Labute approximate surface area is 174 Å². The molecule has 0 aromatic carbocycles. The van der Waals surface area contributed by atoms with Crippen molar-refractivity contribution in [1.82, 2.24) is 15.1 Å². The first-order chi connectivity index (χ1) is 14.2. The number of aliphatic imine (C=N–C) groups is 1. The van der Waals surface area contributed by atoms with Gasteiger partial charge in [-0.2, -0.15) is 0 Å². The minimum atomic E-state index is 0.167. The van der Waals surface area contributed by atoms with Crippen LogP contribution in [0.1, 0.15) is 24.0 Å². The summed E-state index contributed by atoms with van der Waals surface area (Å²) in [5, 5.41) is 3.59. The summed E-state index contributed by atoms with van der Waals surface area (Å²) in [6, 6.07) is 4.29. The van der Waals surface area contributed by atoms with Crippen LogP contribution in [0, 0.1) is 12.8 Å². The van der Waals surface area contributed by atoms with Gasteiger partial charge in [-0.25, -0.2) is 0 Å². The molecule has 2 atom stereocenters. The van der Waals surface area contributed by atoms with Crippen LogP contribution >= 0.6 is 0 Å². The van der Waals surface area contributed by atoms with Crippen molar-refractivity contribution in [2.45, 2.75) is 19.4 Å². The number of morpholine rings is 1. The molecule has 3 heterocycles. The Balaban J connectivity index is 1.53. The molecule has 2 aliphatic rings. The second kappa shape index (κ2) is 11.5. The molecule has 1 aromatic heterocycles. The average Bonchev–Trinajstić information content (AvgIpc) is 3.39.